The van der Waals surface area contributed by atoms with E-state index in [2.05, 4.69) is 9.97 Å². The molecule has 2 aromatic rings. The Labute approximate surface area is 86.0 Å². The van der Waals surface area contributed by atoms with Crippen molar-refractivity contribution in [1.82, 2.24) is 9.97 Å². The number of rotatable bonds is 2. The van der Waals surface area contributed by atoms with E-state index in [-0.39, 0.29) is 5.56 Å². The molecule has 1 aliphatic rings. The summed E-state index contributed by atoms with van der Waals surface area (Å²) in [6.07, 6.45) is 3.83. The fraction of sp³-hybridized carbons (Fsp3) is 0.273. The number of hydrogen-bond donors (Lipinski definition) is 1. The summed E-state index contributed by atoms with van der Waals surface area (Å²) in [5, 5.41) is 0. The predicted molar refractivity (Wildman–Crippen MR) is 54.5 cm³/mol. The third-order valence-corrected chi connectivity index (χ3v) is 2.51. The summed E-state index contributed by atoms with van der Waals surface area (Å²) in [6, 6.07) is 5.14. The van der Waals surface area contributed by atoms with Gasteiger partial charge in [0.15, 0.2) is 11.6 Å². The second-order valence-electron chi connectivity index (χ2n) is 3.77. The zero-order chi connectivity index (χ0) is 10.3. The summed E-state index contributed by atoms with van der Waals surface area (Å²) in [4.78, 5) is 18.5. The van der Waals surface area contributed by atoms with Gasteiger partial charge < -0.3 is 9.40 Å². The van der Waals surface area contributed by atoms with Gasteiger partial charge in [-0.1, -0.05) is 0 Å². The Morgan fingerprint density at radius 2 is 2.33 bits per heavy atom. The highest BCUT2D eigenvalue weighted by atomic mass is 16.3. The lowest BCUT2D eigenvalue weighted by molar-refractivity contribution is 0.576. The first kappa shape index (κ1) is 8.47. The molecule has 0 aliphatic heterocycles. The zero-order valence-corrected chi connectivity index (χ0v) is 8.06. The third-order valence-electron chi connectivity index (χ3n) is 2.51. The Morgan fingerprint density at radius 3 is 3.00 bits per heavy atom. The number of aromatic nitrogens is 2. The van der Waals surface area contributed by atoms with Crippen LogP contribution in [-0.2, 0) is 0 Å². The standard InChI is InChI=1S/C11H10N2O2/c14-10-6-8(7-3-4-7)12-11(13-10)9-2-1-5-15-9/h1-2,5-7H,3-4H2,(H,12,13,14). The highest BCUT2D eigenvalue weighted by Crippen LogP contribution is 2.38. The molecule has 0 aromatic carbocycles. The Bertz CT molecular complexity index is 524. The van der Waals surface area contributed by atoms with Crippen molar-refractivity contribution in [2.24, 2.45) is 0 Å². The monoisotopic (exact) mass is 202 g/mol. The number of nitrogens with zero attached hydrogens (tertiary/aromatic N) is 1. The highest BCUT2D eigenvalue weighted by Gasteiger charge is 2.26. The molecule has 2 aromatic heterocycles. The molecule has 0 saturated heterocycles. The molecule has 1 fully saturated rings. The molecular weight excluding hydrogens is 192 g/mol. The first-order valence-electron chi connectivity index (χ1n) is 4.98. The van der Waals surface area contributed by atoms with Crippen molar-refractivity contribution in [2.75, 3.05) is 0 Å². The minimum Gasteiger partial charge on any atom is -0.461 e. The summed E-state index contributed by atoms with van der Waals surface area (Å²) in [5.41, 5.74) is 0.767. The van der Waals surface area contributed by atoms with Gasteiger partial charge in [0, 0.05) is 12.0 Å². The predicted octanol–water partition coefficient (Wildman–Crippen LogP) is 1.91. The van der Waals surface area contributed by atoms with Gasteiger partial charge in [0.1, 0.15) is 0 Å². The van der Waals surface area contributed by atoms with Gasteiger partial charge in [-0.15, -0.1) is 0 Å². The maximum Gasteiger partial charge on any atom is 0.251 e. The molecule has 4 heteroatoms. The lowest BCUT2D eigenvalue weighted by atomic mass is 10.3. The molecule has 3 rings (SSSR count). The van der Waals surface area contributed by atoms with Gasteiger partial charge in [-0.25, -0.2) is 4.98 Å². The van der Waals surface area contributed by atoms with E-state index in [4.69, 9.17) is 4.42 Å². The lowest BCUT2D eigenvalue weighted by Gasteiger charge is -1.99. The smallest absolute Gasteiger partial charge is 0.251 e. The molecule has 0 amide bonds. The highest BCUT2D eigenvalue weighted by molar-refractivity contribution is 5.46. The van der Waals surface area contributed by atoms with E-state index < -0.39 is 0 Å². The van der Waals surface area contributed by atoms with E-state index >= 15 is 0 Å². The largest absolute Gasteiger partial charge is 0.461 e. The maximum atomic E-state index is 11.4. The first-order valence-corrected chi connectivity index (χ1v) is 4.98. The van der Waals surface area contributed by atoms with Crippen molar-refractivity contribution in [1.29, 1.82) is 0 Å². The average Bonchev–Trinajstić information content (AvgIpc) is 2.93. The van der Waals surface area contributed by atoms with Crippen LogP contribution in [0.15, 0.2) is 33.7 Å². The summed E-state index contributed by atoms with van der Waals surface area (Å²) < 4.78 is 5.20. The molecule has 4 nitrogen and oxygen atoms in total. The lowest BCUT2D eigenvalue weighted by Crippen LogP contribution is -2.09. The van der Waals surface area contributed by atoms with Crippen molar-refractivity contribution in [3.8, 4) is 11.6 Å². The molecule has 0 spiro atoms. The number of H-pyrrole nitrogens is 1. The molecule has 76 valence electrons. The van der Waals surface area contributed by atoms with Crippen LogP contribution in [0.25, 0.3) is 11.6 Å². The van der Waals surface area contributed by atoms with Crippen LogP contribution in [0.3, 0.4) is 0 Å². The second-order valence-corrected chi connectivity index (χ2v) is 3.77. The Kier molecular flexibility index (Phi) is 1.74. The molecule has 1 N–H and O–H groups in total. The molecule has 1 aliphatic carbocycles. The van der Waals surface area contributed by atoms with Gasteiger partial charge in [0.05, 0.1) is 12.0 Å². The number of nitrogens with one attached hydrogen (secondary N) is 1. The van der Waals surface area contributed by atoms with Gasteiger partial charge in [-0.3, -0.25) is 4.79 Å². The number of hydrogen-bond acceptors (Lipinski definition) is 3. The van der Waals surface area contributed by atoms with Crippen LogP contribution in [0.5, 0.6) is 0 Å². The van der Waals surface area contributed by atoms with E-state index in [1.165, 1.54) is 0 Å². The molecule has 1 saturated carbocycles. The van der Waals surface area contributed by atoms with Crippen molar-refractivity contribution in [3.63, 3.8) is 0 Å². The van der Waals surface area contributed by atoms with Gasteiger partial charge in [0.25, 0.3) is 5.56 Å². The fourth-order valence-corrected chi connectivity index (χ4v) is 1.59. The van der Waals surface area contributed by atoms with E-state index in [1.54, 1.807) is 24.5 Å². The fourth-order valence-electron chi connectivity index (χ4n) is 1.59. The Hall–Kier alpha value is -1.84. The van der Waals surface area contributed by atoms with Crippen LogP contribution in [-0.4, -0.2) is 9.97 Å². The molecular formula is C11H10N2O2. The van der Waals surface area contributed by atoms with E-state index in [0.717, 1.165) is 18.5 Å². The van der Waals surface area contributed by atoms with Crippen LogP contribution in [0, 0.1) is 0 Å². The molecule has 0 atom stereocenters. The normalized spacial score (nSPS) is 15.5. The van der Waals surface area contributed by atoms with Crippen LogP contribution in [0.2, 0.25) is 0 Å². The average molecular weight is 202 g/mol. The third kappa shape index (κ3) is 1.58. The maximum absolute atomic E-state index is 11.4. The van der Waals surface area contributed by atoms with Crippen LogP contribution < -0.4 is 5.56 Å². The van der Waals surface area contributed by atoms with Crippen molar-refractivity contribution in [3.05, 3.63) is 40.5 Å². The van der Waals surface area contributed by atoms with E-state index in [9.17, 15) is 4.79 Å². The SMILES string of the molecule is O=c1cc(C2CC2)nc(-c2ccco2)[nH]1. The quantitative estimate of drug-likeness (QED) is 0.809. The molecule has 2 heterocycles. The first-order chi connectivity index (χ1) is 7.33. The van der Waals surface area contributed by atoms with Gasteiger partial charge in [-0.05, 0) is 25.0 Å². The Morgan fingerprint density at radius 1 is 1.47 bits per heavy atom. The minimum absolute atomic E-state index is 0.113. The number of furan rings is 1. The van der Waals surface area contributed by atoms with E-state index in [1.807, 2.05) is 0 Å². The summed E-state index contributed by atoms with van der Waals surface area (Å²) in [6.45, 7) is 0. The van der Waals surface area contributed by atoms with Gasteiger partial charge in [-0.2, -0.15) is 0 Å². The molecule has 0 radical (unpaired) electrons. The van der Waals surface area contributed by atoms with Crippen molar-refractivity contribution >= 4 is 0 Å². The van der Waals surface area contributed by atoms with Crippen LogP contribution >= 0.6 is 0 Å². The Balaban J connectivity index is 2.11. The van der Waals surface area contributed by atoms with Crippen LogP contribution in [0.1, 0.15) is 24.5 Å². The number of aromatic amines is 1. The van der Waals surface area contributed by atoms with Crippen molar-refractivity contribution < 1.29 is 4.42 Å². The molecule has 0 bridgehead atoms. The van der Waals surface area contributed by atoms with Crippen LogP contribution in [0.4, 0.5) is 0 Å². The second kappa shape index (κ2) is 3.08. The minimum atomic E-state index is -0.113. The molecule has 15 heavy (non-hydrogen) atoms. The van der Waals surface area contributed by atoms with Gasteiger partial charge in [0.2, 0.25) is 0 Å². The summed E-state index contributed by atoms with van der Waals surface area (Å²) >= 11 is 0. The van der Waals surface area contributed by atoms with Gasteiger partial charge >= 0.3 is 0 Å². The zero-order valence-electron chi connectivity index (χ0n) is 8.06. The summed E-state index contributed by atoms with van der Waals surface area (Å²) in [7, 11) is 0. The van der Waals surface area contributed by atoms with Crippen molar-refractivity contribution in [2.45, 2.75) is 18.8 Å². The summed E-state index contributed by atoms with van der Waals surface area (Å²) in [5.74, 6) is 1.60. The molecule has 0 unspecified atom stereocenters. The van der Waals surface area contributed by atoms with E-state index in [0.29, 0.717) is 17.5 Å². The topological polar surface area (TPSA) is 58.9 Å².